The molecule has 1 rings (SSSR count). The molecule has 0 aliphatic carbocycles. The van der Waals surface area contributed by atoms with Gasteiger partial charge in [0.1, 0.15) is 6.04 Å². The van der Waals surface area contributed by atoms with Gasteiger partial charge in [-0.25, -0.2) is 0 Å². The number of hydrogen-bond donors (Lipinski definition) is 3. The molecule has 5 heteroatoms. The van der Waals surface area contributed by atoms with Crippen LogP contribution >= 0.6 is 0 Å². The summed E-state index contributed by atoms with van der Waals surface area (Å²) in [5.74, 6) is -0.245. The van der Waals surface area contributed by atoms with Crippen LogP contribution in [-0.2, 0) is 9.59 Å². The Balaban J connectivity index is 2.36. The lowest BCUT2D eigenvalue weighted by atomic mass is 10.0. The Morgan fingerprint density at radius 2 is 2.13 bits per heavy atom. The van der Waals surface area contributed by atoms with Crippen molar-refractivity contribution in [3.8, 4) is 0 Å². The minimum atomic E-state index is -0.466. The van der Waals surface area contributed by atoms with Crippen LogP contribution in [0.4, 0.5) is 0 Å². The molecule has 1 unspecified atom stereocenters. The van der Waals surface area contributed by atoms with Crippen LogP contribution in [0.1, 0.15) is 26.2 Å². The van der Waals surface area contributed by atoms with Crippen LogP contribution < -0.4 is 16.0 Å². The van der Waals surface area contributed by atoms with Gasteiger partial charge in [0.05, 0.1) is 6.04 Å². The van der Waals surface area contributed by atoms with E-state index in [1.807, 2.05) is 0 Å². The Bertz CT molecular complexity index is 237. The van der Waals surface area contributed by atoms with Gasteiger partial charge in [0, 0.05) is 7.05 Å². The van der Waals surface area contributed by atoms with E-state index < -0.39 is 6.04 Å². The molecule has 1 fully saturated rings. The van der Waals surface area contributed by atoms with E-state index in [0.717, 1.165) is 25.8 Å². The zero-order chi connectivity index (χ0) is 11.3. The second-order valence-corrected chi connectivity index (χ2v) is 3.85. The van der Waals surface area contributed by atoms with Gasteiger partial charge in [-0.15, -0.1) is 0 Å². The van der Waals surface area contributed by atoms with Gasteiger partial charge in [-0.05, 0) is 26.3 Å². The largest absolute Gasteiger partial charge is 0.357 e. The second kappa shape index (κ2) is 5.70. The van der Waals surface area contributed by atoms with Crippen molar-refractivity contribution in [1.29, 1.82) is 0 Å². The van der Waals surface area contributed by atoms with Crippen LogP contribution in [0.5, 0.6) is 0 Å². The van der Waals surface area contributed by atoms with E-state index in [4.69, 9.17) is 0 Å². The molecule has 0 aromatic rings. The third-order valence-electron chi connectivity index (χ3n) is 2.63. The number of nitrogens with one attached hydrogen (secondary N) is 3. The Labute approximate surface area is 90.0 Å². The molecule has 0 bridgehead atoms. The monoisotopic (exact) mass is 213 g/mol. The van der Waals surface area contributed by atoms with Crippen molar-refractivity contribution in [3.63, 3.8) is 0 Å². The van der Waals surface area contributed by atoms with Crippen molar-refractivity contribution in [2.75, 3.05) is 13.6 Å². The molecule has 1 saturated heterocycles. The first kappa shape index (κ1) is 12.0. The summed E-state index contributed by atoms with van der Waals surface area (Å²) in [6, 6.07) is -0.600. The molecule has 0 radical (unpaired) electrons. The SMILES string of the molecule is CNC(=O)[C@@H](C)NC(=O)C1CCCCN1. The van der Waals surface area contributed by atoms with Crippen LogP contribution in [0, 0.1) is 0 Å². The summed E-state index contributed by atoms with van der Waals surface area (Å²) in [4.78, 5) is 22.9. The second-order valence-electron chi connectivity index (χ2n) is 3.85. The standard InChI is InChI=1S/C10H19N3O2/c1-7(9(14)11-2)13-10(15)8-5-3-4-6-12-8/h7-8,12H,3-6H2,1-2H3,(H,11,14)(H,13,15)/t7-,8?/m1/s1. The first-order chi connectivity index (χ1) is 7.15. The molecule has 0 aromatic heterocycles. The summed E-state index contributed by atoms with van der Waals surface area (Å²) >= 11 is 0. The fraction of sp³-hybridized carbons (Fsp3) is 0.800. The van der Waals surface area contributed by atoms with E-state index in [-0.39, 0.29) is 17.9 Å². The zero-order valence-corrected chi connectivity index (χ0v) is 9.30. The highest BCUT2D eigenvalue weighted by Gasteiger charge is 2.23. The molecule has 86 valence electrons. The highest BCUT2D eigenvalue weighted by molar-refractivity contribution is 5.89. The van der Waals surface area contributed by atoms with E-state index in [0.29, 0.717) is 0 Å². The van der Waals surface area contributed by atoms with Gasteiger partial charge in [-0.2, -0.15) is 0 Å². The Hall–Kier alpha value is -1.10. The molecule has 0 saturated carbocycles. The number of likely N-dealkylation sites (N-methyl/N-ethyl adjacent to an activating group) is 1. The minimum absolute atomic E-state index is 0.0780. The first-order valence-electron chi connectivity index (χ1n) is 5.40. The highest BCUT2D eigenvalue weighted by atomic mass is 16.2. The lowest BCUT2D eigenvalue weighted by Gasteiger charge is -2.24. The molecule has 1 heterocycles. The molecule has 2 amide bonds. The molecular weight excluding hydrogens is 194 g/mol. The Morgan fingerprint density at radius 3 is 2.67 bits per heavy atom. The average Bonchev–Trinajstić information content (AvgIpc) is 2.29. The molecule has 0 spiro atoms. The van der Waals surface area contributed by atoms with E-state index in [2.05, 4.69) is 16.0 Å². The van der Waals surface area contributed by atoms with Gasteiger partial charge in [0.15, 0.2) is 0 Å². The minimum Gasteiger partial charge on any atom is -0.357 e. The average molecular weight is 213 g/mol. The summed E-state index contributed by atoms with van der Waals surface area (Å²) < 4.78 is 0. The van der Waals surface area contributed by atoms with Crippen molar-refractivity contribution >= 4 is 11.8 Å². The number of carbonyl (C=O) groups is 2. The number of carbonyl (C=O) groups excluding carboxylic acids is 2. The normalized spacial score (nSPS) is 22.9. The summed E-state index contributed by atoms with van der Waals surface area (Å²) in [5.41, 5.74) is 0. The lowest BCUT2D eigenvalue weighted by molar-refractivity contribution is -0.129. The van der Waals surface area contributed by atoms with E-state index in [9.17, 15) is 9.59 Å². The molecule has 15 heavy (non-hydrogen) atoms. The number of amides is 2. The van der Waals surface area contributed by atoms with Crippen LogP contribution in [0.2, 0.25) is 0 Å². The van der Waals surface area contributed by atoms with Gasteiger partial charge < -0.3 is 16.0 Å². The van der Waals surface area contributed by atoms with Crippen LogP contribution in [0.15, 0.2) is 0 Å². The highest BCUT2D eigenvalue weighted by Crippen LogP contribution is 2.06. The van der Waals surface area contributed by atoms with Crippen molar-refractivity contribution in [2.24, 2.45) is 0 Å². The summed E-state index contributed by atoms with van der Waals surface area (Å²) in [6.07, 6.45) is 3.04. The first-order valence-corrected chi connectivity index (χ1v) is 5.40. The van der Waals surface area contributed by atoms with Crippen molar-refractivity contribution in [2.45, 2.75) is 38.3 Å². The topological polar surface area (TPSA) is 70.2 Å². The van der Waals surface area contributed by atoms with Crippen LogP contribution in [-0.4, -0.2) is 37.5 Å². The van der Waals surface area contributed by atoms with E-state index in [1.54, 1.807) is 14.0 Å². The third kappa shape index (κ3) is 3.51. The van der Waals surface area contributed by atoms with Gasteiger partial charge in [-0.1, -0.05) is 6.42 Å². The Kier molecular flexibility index (Phi) is 4.55. The number of rotatable bonds is 3. The maximum Gasteiger partial charge on any atom is 0.242 e. The quantitative estimate of drug-likeness (QED) is 0.585. The van der Waals surface area contributed by atoms with Gasteiger partial charge in [0.25, 0.3) is 0 Å². The molecule has 2 atom stereocenters. The van der Waals surface area contributed by atoms with Crippen molar-refractivity contribution in [1.82, 2.24) is 16.0 Å². The number of piperidine rings is 1. The molecule has 0 aromatic carbocycles. The Morgan fingerprint density at radius 1 is 1.40 bits per heavy atom. The fourth-order valence-electron chi connectivity index (χ4n) is 1.67. The van der Waals surface area contributed by atoms with Gasteiger partial charge in [-0.3, -0.25) is 9.59 Å². The van der Waals surface area contributed by atoms with Crippen LogP contribution in [0.3, 0.4) is 0 Å². The summed E-state index contributed by atoms with van der Waals surface area (Å²) in [5, 5.41) is 8.32. The summed E-state index contributed by atoms with van der Waals surface area (Å²) in [7, 11) is 1.56. The van der Waals surface area contributed by atoms with E-state index in [1.165, 1.54) is 0 Å². The van der Waals surface area contributed by atoms with Gasteiger partial charge >= 0.3 is 0 Å². The lowest BCUT2D eigenvalue weighted by Crippen LogP contribution is -2.52. The van der Waals surface area contributed by atoms with Crippen LogP contribution in [0.25, 0.3) is 0 Å². The molecular formula is C10H19N3O2. The predicted molar refractivity (Wildman–Crippen MR) is 57.3 cm³/mol. The summed E-state index contributed by atoms with van der Waals surface area (Å²) in [6.45, 7) is 2.56. The molecule has 1 aliphatic rings. The fourth-order valence-corrected chi connectivity index (χ4v) is 1.67. The van der Waals surface area contributed by atoms with Crippen molar-refractivity contribution < 1.29 is 9.59 Å². The van der Waals surface area contributed by atoms with E-state index >= 15 is 0 Å². The molecule has 5 nitrogen and oxygen atoms in total. The number of hydrogen-bond acceptors (Lipinski definition) is 3. The third-order valence-corrected chi connectivity index (χ3v) is 2.63. The maximum atomic E-state index is 11.7. The van der Waals surface area contributed by atoms with Gasteiger partial charge in [0.2, 0.25) is 11.8 Å². The zero-order valence-electron chi connectivity index (χ0n) is 9.30. The van der Waals surface area contributed by atoms with Crippen molar-refractivity contribution in [3.05, 3.63) is 0 Å². The predicted octanol–water partition coefficient (Wildman–Crippen LogP) is -0.621. The molecule has 1 aliphatic heterocycles. The molecule has 3 N–H and O–H groups in total. The maximum absolute atomic E-state index is 11.7. The smallest absolute Gasteiger partial charge is 0.242 e.